The van der Waals surface area contributed by atoms with E-state index in [9.17, 15) is 0 Å². The van der Waals surface area contributed by atoms with Crippen LogP contribution in [-0.2, 0) is 0 Å². The molecule has 0 unspecified atom stereocenters. The molecule has 15 heavy (non-hydrogen) atoms. The molecule has 80 valence electrons. The van der Waals surface area contributed by atoms with Crippen LogP contribution < -0.4 is 10.1 Å². The van der Waals surface area contributed by atoms with Crippen LogP contribution in [0.1, 0.15) is 18.9 Å². The first kappa shape index (κ1) is 11.5. The summed E-state index contributed by atoms with van der Waals surface area (Å²) >= 11 is 0. The number of nitrogens with one attached hydrogen (secondary N) is 1. The van der Waals surface area contributed by atoms with E-state index in [1.807, 2.05) is 14.0 Å². The van der Waals surface area contributed by atoms with Crippen molar-refractivity contribution in [1.29, 1.82) is 0 Å². The summed E-state index contributed by atoms with van der Waals surface area (Å²) in [5.74, 6) is 6.00. The minimum Gasteiger partial charge on any atom is -0.464 e. The van der Waals surface area contributed by atoms with E-state index in [0.29, 0.717) is 12.6 Å². The van der Waals surface area contributed by atoms with E-state index in [1.54, 1.807) is 12.4 Å². The fourth-order valence-electron chi connectivity index (χ4n) is 0.936. The zero-order chi connectivity index (χ0) is 10.9. The van der Waals surface area contributed by atoms with Gasteiger partial charge in [0.2, 0.25) is 0 Å². The minimum absolute atomic E-state index is 0.401. The van der Waals surface area contributed by atoms with Gasteiger partial charge in [-0.2, -0.15) is 0 Å². The molecular formula is C11H15N3O. The molecule has 0 radical (unpaired) electrons. The fraction of sp³-hybridized carbons (Fsp3) is 0.455. The highest BCUT2D eigenvalue weighted by atomic mass is 16.5. The Labute approximate surface area is 90.1 Å². The van der Waals surface area contributed by atoms with Gasteiger partial charge < -0.3 is 10.1 Å². The summed E-state index contributed by atoms with van der Waals surface area (Å²) in [5, 5.41) is 3.03. The van der Waals surface area contributed by atoms with E-state index in [-0.39, 0.29) is 0 Å². The molecule has 1 aromatic heterocycles. The van der Waals surface area contributed by atoms with Gasteiger partial charge >= 0.3 is 6.01 Å². The summed E-state index contributed by atoms with van der Waals surface area (Å²) in [6.07, 6.45) is 4.17. The molecule has 0 aliphatic rings. The quantitative estimate of drug-likeness (QED) is 0.584. The zero-order valence-electron chi connectivity index (χ0n) is 9.08. The van der Waals surface area contributed by atoms with Crippen LogP contribution in [-0.4, -0.2) is 30.2 Å². The topological polar surface area (TPSA) is 47.0 Å². The lowest BCUT2D eigenvalue weighted by Crippen LogP contribution is -2.05. The summed E-state index contributed by atoms with van der Waals surface area (Å²) in [6.45, 7) is 3.37. The Balaban J connectivity index is 2.51. The van der Waals surface area contributed by atoms with Crippen molar-refractivity contribution < 1.29 is 4.74 Å². The lowest BCUT2D eigenvalue weighted by Gasteiger charge is -1.98. The van der Waals surface area contributed by atoms with Gasteiger partial charge in [0.05, 0.1) is 12.2 Å². The lowest BCUT2D eigenvalue weighted by atomic mass is 10.3. The summed E-state index contributed by atoms with van der Waals surface area (Å²) in [7, 11) is 1.90. The van der Waals surface area contributed by atoms with Gasteiger partial charge in [-0.25, -0.2) is 9.97 Å². The summed E-state index contributed by atoms with van der Waals surface area (Å²) < 4.78 is 5.12. The van der Waals surface area contributed by atoms with Gasteiger partial charge in [-0.1, -0.05) is 11.8 Å². The maximum atomic E-state index is 5.12. The summed E-state index contributed by atoms with van der Waals surface area (Å²) in [4.78, 5) is 8.03. The SMILES string of the molecule is CCOc1ncc(C#CCCNC)cn1. The second-order valence-electron chi connectivity index (χ2n) is 2.84. The van der Waals surface area contributed by atoms with E-state index in [1.165, 1.54) is 0 Å². The zero-order valence-corrected chi connectivity index (χ0v) is 9.08. The maximum Gasteiger partial charge on any atom is 0.316 e. The Morgan fingerprint density at radius 2 is 2.13 bits per heavy atom. The molecule has 0 aliphatic carbocycles. The van der Waals surface area contributed by atoms with Crippen molar-refractivity contribution in [2.45, 2.75) is 13.3 Å². The monoisotopic (exact) mass is 205 g/mol. The van der Waals surface area contributed by atoms with E-state index in [4.69, 9.17) is 4.74 Å². The third-order valence-electron chi connectivity index (χ3n) is 1.63. The molecule has 0 fully saturated rings. The number of ether oxygens (including phenoxy) is 1. The van der Waals surface area contributed by atoms with Gasteiger partial charge in [0.15, 0.2) is 0 Å². The highest BCUT2D eigenvalue weighted by Crippen LogP contribution is 2.00. The van der Waals surface area contributed by atoms with E-state index < -0.39 is 0 Å². The Morgan fingerprint density at radius 1 is 1.40 bits per heavy atom. The first-order chi connectivity index (χ1) is 7.36. The number of aromatic nitrogens is 2. The van der Waals surface area contributed by atoms with E-state index in [2.05, 4.69) is 27.1 Å². The smallest absolute Gasteiger partial charge is 0.316 e. The Bertz CT molecular complexity index is 337. The number of rotatable bonds is 4. The molecule has 0 aliphatic heterocycles. The van der Waals surface area contributed by atoms with Crippen LogP contribution in [0.5, 0.6) is 6.01 Å². The van der Waals surface area contributed by atoms with Crippen molar-refractivity contribution in [1.82, 2.24) is 15.3 Å². The average molecular weight is 205 g/mol. The standard InChI is InChI=1S/C11H15N3O/c1-3-15-11-13-8-10(9-14-11)6-4-5-7-12-2/h8-9,12H,3,5,7H2,1-2H3. The van der Waals surface area contributed by atoms with Crippen molar-refractivity contribution in [3.8, 4) is 17.9 Å². The summed E-state index contributed by atoms with van der Waals surface area (Å²) in [6, 6.07) is 0.401. The number of hydrogen-bond acceptors (Lipinski definition) is 4. The Morgan fingerprint density at radius 3 is 2.73 bits per heavy atom. The van der Waals surface area contributed by atoms with Gasteiger partial charge in [0, 0.05) is 25.4 Å². The normalized spacial score (nSPS) is 9.20. The third-order valence-corrected chi connectivity index (χ3v) is 1.63. The third kappa shape index (κ3) is 4.43. The number of hydrogen-bond donors (Lipinski definition) is 1. The molecule has 0 saturated carbocycles. The molecule has 0 saturated heterocycles. The van der Waals surface area contributed by atoms with Crippen molar-refractivity contribution in [3.63, 3.8) is 0 Å². The summed E-state index contributed by atoms with van der Waals surface area (Å²) in [5.41, 5.74) is 0.814. The first-order valence-corrected chi connectivity index (χ1v) is 4.95. The van der Waals surface area contributed by atoms with Crippen LogP contribution in [0.15, 0.2) is 12.4 Å². The maximum absolute atomic E-state index is 5.12. The Kier molecular flexibility index (Phi) is 5.20. The van der Waals surface area contributed by atoms with E-state index >= 15 is 0 Å². The second kappa shape index (κ2) is 6.80. The molecule has 4 nitrogen and oxygen atoms in total. The molecule has 0 bridgehead atoms. The van der Waals surface area contributed by atoms with Crippen LogP contribution in [0.2, 0.25) is 0 Å². The van der Waals surface area contributed by atoms with Crippen LogP contribution in [0.3, 0.4) is 0 Å². The van der Waals surface area contributed by atoms with Gasteiger partial charge in [-0.05, 0) is 14.0 Å². The minimum atomic E-state index is 0.401. The molecule has 0 amide bonds. The van der Waals surface area contributed by atoms with Gasteiger partial charge in [0.25, 0.3) is 0 Å². The fourth-order valence-corrected chi connectivity index (χ4v) is 0.936. The van der Waals surface area contributed by atoms with Crippen LogP contribution in [0, 0.1) is 11.8 Å². The van der Waals surface area contributed by atoms with Crippen molar-refractivity contribution in [2.24, 2.45) is 0 Å². The van der Waals surface area contributed by atoms with Crippen molar-refractivity contribution in [3.05, 3.63) is 18.0 Å². The van der Waals surface area contributed by atoms with Crippen molar-refractivity contribution >= 4 is 0 Å². The largest absolute Gasteiger partial charge is 0.464 e. The van der Waals surface area contributed by atoms with Crippen LogP contribution in [0.4, 0.5) is 0 Å². The van der Waals surface area contributed by atoms with Gasteiger partial charge in [0.1, 0.15) is 0 Å². The molecular weight excluding hydrogens is 190 g/mol. The average Bonchev–Trinajstić information content (AvgIpc) is 2.27. The van der Waals surface area contributed by atoms with Crippen LogP contribution >= 0.6 is 0 Å². The molecule has 1 heterocycles. The lowest BCUT2D eigenvalue weighted by molar-refractivity contribution is 0.312. The highest BCUT2D eigenvalue weighted by molar-refractivity contribution is 5.29. The molecule has 1 N–H and O–H groups in total. The molecule has 0 spiro atoms. The van der Waals surface area contributed by atoms with Crippen LogP contribution in [0.25, 0.3) is 0 Å². The predicted molar refractivity (Wildman–Crippen MR) is 58.6 cm³/mol. The van der Waals surface area contributed by atoms with Gasteiger partial charge in [-0.3, -0.25) is 0 Å². The molecule has 1 rings (SSSR count). The van der Waals surface area contributed by atoms with Gasteiger partial charge in [-0.15, -0.1) is 0 Å². The van der Waals surface area contributed by atoms with E-state index in [0.717, 1.165) is 18.5 Å². The molecule has 0 aromatic carbocycles. The Hall–Kier alpha value is -1.60. The number of nitrogens with zero attached hydrogens (tertiary/aromatic N) is 2. The molecule has 0 atom stereocenters. The second-order valence-corrected chi connectivity index (χ2v) is 2.84. The first-order valence-electron chi connectivity index (χ1n) is 4.95. The molecule has 1 aromatic rings. The molecule has 4 heteroatoms. The highest BCUT2D eigenvalue weighted by Gasteiger charge is 1.94. The predicted octanol–water partition coefficient (Wildman–Crippen LogP) is 0.836. The van der Waals surface area contributed by atoms with Crippen molar-refractivity contribution in [2.75, 3.05) is 20.2 Å².